The van der Waals surface area contributed by atoms with E-state index in [1.54, 1.807) is 0 Å². The molecule has 0 saturated carbocycles. The number of para-hydroxylation sites is 2. The van der Waals surface area contributed by atoms with Crippen molar-refractivity contribution in [2.24, 2.45) is 5.92 Å². The number of ether oxygens (including phenoxy) is 2. The van der Waals surface area contributed by atoms with E-state index >= 15 is 0 Å². The molecule has 2 aliphatic heterocycles. The molecule has 1 fully saturated rings. The van der Waals surface area contributed by atoms with Crippen LogP contribution in [0, 0.1) is 5.92 Å². The van der Waals surface area contributed by atoms with Gasteiger partial charge in [-0.3, -0.25) is 9.69 Å². The number of nitrogens with one attached hydrogen (secondary N) is 1. The highest BCUT2D eigenvalue weighted by Gasteiger charge is 2.28. The molecule has 0 aliphatic carbocycles. The summed E-state index contributed by atoms with van der Waals surface area (Å²) < 4.78 is 11.4. The van der Waals surface area contributed by atoms with E-state index in [0.717, 1.165) is 32.5 Å². The van der Waals surface area contributed by atoms with Crippen LogP contribution in [-0.2, 0) is 11.3 Å². The zero-order valence-corrected chi connectivity index (χ0v) is 17.6. The minimum atomic E-state index is -0.576. The lowest BCUT2D eigenvalue weighted by Crippen LogP contribution is -2.46. The summed E-state index contributed by atoms with van der Waals surface area (Å²) >= 11 is 1.81. The van der Waals surface area contributed by atoms with Gasteiger partial charge in [-0.1, -0.05) is 30.3 Å². The predicted molar refractivity (Wildman–Crippen MR) is 116 cm³/mol. The zero-order chi connectivity index (χ0) is 20.1. The van der Waals surface area contributed by atoms with E-state index in [2.05, 4.69) is 40.7 Å². The Morgan fingerprint density at radius 3 is 2.62 bits per heavy atom. The monoisotopic (exact) mass is 412 g/mol. The molecule has 2 aromatic carbocycles. The van der Waals surface area contributed by atoms with E-state index in [0.29, 0.717) is 24.0 Å². The highest BCUT2D eigenvalue weighted by Crippen LogP contribution is 2.31. The van der Waals surface area contributed by atoms with Gasteiger partial charge < -0.3 is 14.8 Å². The Morgan fingerprint density at radius 2 is 1.83 bits per heavy atom. The minimum absolute atomic E-state index is 0.0872. The van der Waals surface area contributed by atoms with Gasteiger partial charge in [-0.2, -0.15) is 0 Å². The fourth-order valence-electron chi connectivity index (χ4n) is 3.93. The summed E-state index contributed by atoms with van der Waals surface area (Å²) in [6, 6.07) is 16.1. The van der Waals surface area contributed by atoms with Gasteiger partial charge in [-0.05, 0) is 61.9 Å². The number of amides is 1. The van der Waals surface area contributed by atoms with Gasteiger partial charge in [0.2, 0.25) is 6.10 Å². The number of piperidine rings is 1. The van der Waals surface area contributed by atoms with Gasteiger partial charge in [0.15, 0.2) is 11.5 Å². The van der Waals surface area contributed by atoms with Crippen LogP contribution < -0.4 is 14.8 Å². The van der Waals surface area contributed by atoms with Gasteiger partial charge in [-0.25, -0.2) is 0 Å². The molecular formula is C23H28N2O3S. The molecule has 1 saturated heterocycles. The lowest BCUT2D eigenvalue weighted by Gasteiger charge is -2.33. The van der Waals surface area contributed by atoms with Crippen molar-refractivity contribution >= 4 is 17.7 Å². The zero-order valence-electron chi connectivity index (χ0n) is 16.8. The largest absolute Gasteiger partial charge is 0.485 e. The second-order valence-electron chi connectivity index (χ2n) is 7.64. The van der Waals surface area contributed by atoms with Crippen molar-refractivity contribution in [3.63, 3.8) is 0 Å². The molecule has 5 nitrogen and oxygen atoms in total. The van der Waals surface area contributed by atoms with Crippen molar-refractivity contribution in [2.75, 3.05) is 32.5 Å². The highest BCUT2D eigenvalue weighted by atomic mass is 32.2. The Bertz CT molecular complexity index is 836. The summed E-state index contributed by atoms with van der Waals surface area (Å²) in [5, 5.41) is 3.07. The first-order valence-corrected chi connectivity index (χ1v) is 11.5. The van der Waals surface area contributed by atoms with Crippen molar-refractivity contribution in [1.29, 1.82) is 0 Å². The summed E-state index contributed by atoms with van der Waals surface area (Å²) in [4.78, 5) is 16.4. The van der Waals surface area contributed by atoms with Crippen LogP contribution >= 0.6 is 11.8 Å². The maximum Gasteiger partial charge on any atom is 0.264 e. The molecule has 1 atom stereocenters. The van der Waals surface area contributed by atoms with E-state index in [4.69, 9.17) is 9.47 Å². The van der Waals surface area contributed by atoms with E-state index < -0.39 is 6.10 Å². The average molecular weight is 413 g/mol. The number of hydrogen-bond donors (Lipinski definition) is 1. The fourth-order valence-corrected chi connectivity index (χ4v) is 4.54. The number of carbonyl (C=O) groups excluding carboxylic acids is 1. The van der Waals surface area contributed by atoms with Crippen molar-refractivity contribution < 1.29 is 14.3 Å². The van der Waals surface area contributed by atoms with Gasteiger partial charge >= 0.3 is 0 Å². The number of fused-ring (bicyclic) bond motifs is 1. The summed E-state index contributed by atoms with van der Waals surface area (Å²) in [5.41, 5.74) is 1.40. The molecule has 0 unspecified atom stereocenters. The summed E-state index contributed by atoms with van der Waals surface area (Å²) in [6.45, 7) is 4.10. The summed E-state index contributed by atoms with van der Waals surface area (Å²) in [5.74, 6) is 1.77. The molecule has 2 aliphatic rings. The molecule has 1 amide bonds. The van der Waals surface area contributed by atoms with Crippen molar-refractivity contribution in [3.8, 4) is 11.5 Å². The van der Waals surface area contributed by atoms with Gasteiger partial charge in [-0.15, -0.1) is 11.8 Å². The molecule has 0 aromatic heterocycles. The predicted octanol–water partition coefficient (Wildman–Crippen LogP) is 3.58. The van der Waals surface area contributed by atoms with E-state index in [-0.39, 0.29) is 12.5 Å². The van der Waals surface area contributed by atoms with Crippen molar-refractivity contribution in [2.45, 2.75) is 30.4 Å². The number of carbonyl (C=O) groups is 1. The standard InChI is InChI=1S/C23H28N2O3S/c1-29-22-9-5-2-6-18(22)15-25-12-10-17(11-13-25)14-24-23(26)21-16-27-19-7-3-4-8-20(19)28-21/h2-9,17,21H,10-16H2,1H3,(H,24,26)/t21-/m0/s1. The second kappa shape index (κ2) is 9.55. The maximum absolute atomic E-state index is 12.5. The molecular weight excluding hydrogens is 384 g/mol. The first-order valence-electron chi connectivity index (χ1n) is 10.2. The Balaban J connectivity index is 1.21. The van der Waals surface area contributed by atoms with Gasteiger partial charge in [0.05, 0.1) is 0 Å². The smallest absolute Gasteiger partial charge is 0.264 e. The lowest BCUT2D eigenvalue weighted by atomic mass is 9.96. The number of rotatable bonds is 6. The normalized spacial score (nSPS) is 19.7. The molecule has 2 aromatic rings. The minimum Gasteiger partial charge on any atom is -0.485 e. The van der Waals surface area contributed by atoms with Crippen LogP contribution in [0.4, 0.5) is 0 Å². The van der Waals surface area contributed by atoms with Crippen molar-refractivity contribution in [1.82, 2.24) is 10.2 Å². The molecule has 6 heteroatoms. The third kappa shape index (κ3) is 5.06. The van der Waals surface area contributed by atoms with Crippen LogP contribution in [0.5, 0.6) is 11.5 Å². The maximum atomic E-state index is 12.5. The number of nitrogens with zero attached hydrogens (tertiary/aromatic N) is 1. The Kier molecular flexibility index (Phi) is 6.62. The van der Waals surface area contributed by atoms with Crippen LogP contribution in [0.15, 0.2) is 53.4 Å². The number of hydrogen-bond acceptors (Lipinski definition) is 5. The average Bonchev–Trinajstić information content (AvgIpc) is 2.78. The molecule has 154 valence electrons. The van der Waals surface area contributed by atoms with Gasteiger partial charge in [0.25, 0.3) is 5.91 Å². The molecule has 0 bridgehead atoms. The van der Waals surface area contributed by atoms with Crippen LogP contribution in [-0.4, -0.2) is 49.4 Å². The molecule has 4 rings (SSSR count). The van der Waals surface area contributed by atoms with Crippen LogP contribution in [0.3, 0.4) is 0 Å². The third-order valence-electron chi connectivity index (χ3n) is 5.66. The Hall–Kier alpha value is -2.18. The number of thioether (sulfide) groups is 1. The molecule has 29 heavy (non-hydrogen) atoms. The Labute approximate surface area is 176 Å². The number of benzene rings is 2. The topological polar surface area (TPSA) is 50.8 Å². The van der Waals surface area contributed by atoms with Crippen LogP contribution in [0.25, 0.3) is 0 Å². The van der Waals surface area contributed by atoms with E-state index in [1.165, 1.54) is 10.5 Å². The molecule has 0 radical (unpaired) electrons. The van der Waals surface area contributed by atoms with Gasteiger partial charge in [0, 0.05) is 18.0 Å². The Morgan fingerprint density at radius 1 is 1.10 bits per heavy atom. The fraction of sp³-hybridized carbons (Fsp3) is 0.435. The summed E-state index contributed by atoms with van der Waals surface area (Å²) in [7, 11) is 0. The summed E-state index contributed by atoms with van der Waals surface area (Å²) in [6.07, 6.45) is 3.76. The first-order chi connectivity index (χ1) is 14.2. The molecule has 1 N–H and O–H groups in total. The highest BCUT2D eigenvalue weighted by molar-refractivity contribution is 7.98. The molecule has 2 heterocycles. The SMILES string of the molecule is CSc1ccccc1CN1CCC(CNC(=O)[C@@H]2COc3ccccc3O2)CC1. The van der Waals surface area contributed by atoms with E-state index in [9.17, 15) is 4.79 Å². The van der Waals surface area contributed by atoms with E-state index in [1.807, 2.05) is 36.0 Å². The van der Waals surface area contributed by atoms with Crippen LogP contribution in [0.2, 0.25) is 0 Å². The van der Waals surface area contributed by atoms with Crippen molar-refractivity contribution in [3.05, 3.63) is 54.1 Å². The second-order valence-corrected chi connectivity index (χ2v) is 8.49. The quantitative estimate of drug-likeness (QED) is 0.735. The lowest BCUT2D eigenvalue weighted by molar-refractivity contribution is -0.130. The number of likely N-dealkylation sites (tertiary alicyclic amines) is 1. The van der Waals surface area contributed by atoms with Gasteiger partial charge in [0.1, 0.15) is 6.61 Å². The van der Waals surface area contributed by atoms with Crippen LogP contribution in [0.1, 0.15) is 18.4 Å². The third-order valence-corrected chi connectivity index (χ3v) is 6.50. The first kappa shape index (κ1) is 20.1. The molecule has 0 spiro atoms.